The van der Waals surface area contributed by atoms with Crippen molar-refractivity contribution in [2.24, 2.45) is 7.05 Å². The minimum Gasteiger partial charge on any atom is -0.357 e. The lowest BCUT2D eigenvalue weighted by Crippen LogP contribution is -2.53. The first-order valence-corrected chi connectivity index (χ1v) is 9.89. The lowest BCUT2D eigenvalue weighted by molar-refractivity contribution is 0.332. The predicted molar refractivity (Wildman–Crippen MR) is 107 cm³/mol. The largest absolute Gasteiger partial charge is 0.357 e. The van der Waals surface area contributed by atoms with Crippen molar-refractivity contribution in [3.63, 3.8) is 0 Å². The Balaban J connectivity index is 1.32. The summed E-state index contributed by atoms with van der Waals surface area (Å²) >= 11 is 0. The van der Waals surface area contributed by atoms with Gasteiger partial charge in [-0.05, 0) is 37.8 Å². The van der Waals surface area contributed by atoms with Gasteiger partial charge in [0.15, 0.2) is 5.82 Å². The summed E-state index contributed by atoms with van der Waals surface area (Å²) in [5.41, 5.74) is -0.0122. The Kier molecular flexibility index (Phi) is 5.38. The first-order valence-electron chi connectivity index (χ1n) is 9.89. The van der Waals surface area contributed by atoms with Crippen LogP contribution in [-0.2, 0) is 7.05 Å². The fourth-order valence-electron chi connectivity index (χ4n) is 4.16. The first-order chi connectivity index (χ1) is 13.2. The molecule has 2 aliphatic rings. The molecule has 144 valence electrons. The van der Waals surface area contributed by atoms with Gasteiger partial charge in [0.2, 0.25) is 0 Å². The summed E-state index contributed by atoms with van der Waals surface area (Å²) in [5.74, 6) is 1.65. The molecule has 0 spiro atoms. The fraction of sp³-hybridized carbons (Fsp3) is 0.550. The van der Waals surface area contributed by atoms with E-state index in [1.807, 2.05) is 18.3 Å². The van der Waals surface area contributed by atoms with E-state index >= 15 is 0 Å². The van der Waals surface area contributed by atoms with Crippen molar-refractivity contribution in [1.29, 1.82) is 0 Å². The molecule has 7 nitrogen and oxygen atoms in total. The SMILES string of the molecule is Cn1ccnc(N2CCCC(NC3CCN(c4ccccn4)CC3)C2)c1=O. The molecule has 2 aromatic rings. The van der Waals surface area contributed by atoms with Crippen molar-refractivity contribution in [1.82, 2.24) is 19.9 Å². The number of anilines is 2. The number of nitrogens with one attached hydrogen (secondary N) is 1. The van der Waals surface area contributed by atoms with Crippen LogP contribution in [0.1, 0.15) is 25.7 Å². The average Bonchev–Trinajstić information content (AvgIpc) is 2.71. The van der Waals surface area contributed by atoms with Gasteiger partial charge in [-0.2, -0.15) is 0 Å². The molecule has 0 aromatic carbocycles. The molecule has 0 radical (unpaired) electrons. The van der Waals surface area contributed by atoms with E-state index in [1.165, 1.54) is 0 Å². The van der Waals surface area contributed by atoms with Crippen molar-refractivity contribution < 1.29 is 0 Å². The number of pyridine rings is 1. The predicted octanol–water partition coefficient (Wildman–Crippen LogP) is 1.40. The third kappa shape index (κ3) is 4.13. The van der Waals surface area contributed by atoms with Crippen LogP contribution in [0, 0.1) is 0 Å². The van der Waals surface area contributed by atoms with Crippen molar-refractivity contribution >= 4 is 11.6 Å². The van der Waals surface area contributed by atoms with E-state index in [2.05, 4.69) is 31.2 Å². The minimum atomic E-state index is -0.0122. The third-order valence-corrected chi connectivity index (χ3v) is 5.66. The van der Waals surface area contributed by atoms with E-state index in [0.29, 0.717) is 17.9 Å². The van der Waals surface area contributed by atoms with E-state index in [0.717, 1.165) is 57.7 Å². The van der Waals surface area contributed by atoms with Gasteiger partial charge in [-0.25, -0.2) is 9.97 Å². The Bertz CT molecular complexity index is 800. The molecule has 0 saturated carbocycles. The van der Waals surface area contributed by atoms with Crippen LogP contribution in [0.15, 0.2) is 41.6 Å². The van der Waals surface area contributed by atoms with Gasteiger partial charge >= 0.3 is 0 Å². The molecule has 2 fully saturated rings. The molecule has 0 aliphatic carbocycles. The third-order valence-electron chi connectivity index (χ3n) is 5.66. The van der Waals surface area contributed by atoms with E-state index in [-0.39, 0.29) is 5.56 Å². The second-order valence-corrected chi connectivity index (χ2v) is 7.57. The zero-order valence-electron chi connectivity index (χ0n) is 15.9. The lowest BCUT2D eigenvalue weighted by Gasteiger charge is -2.38. The summed E-state index contributed by atoms with van der Waals surface area (Å²) in [7, 11) is 1.78. The molecule has 27 heavy (non-hydrogen) atoms. The fourth-order valence-corrected chi connectivity index (χ4v) is 4.16. The van der Waals surface area contributed by atoms with Gasteiger partial charge in [0.1, 0.15) is 5.82 Å². The summed E-state index contributed by atoms with van der Waals surface area (Å²) in [6.45, 7) is 3.83. The van der Waals surface area contributed by atoms with Crippen molar-refractivity contribution in [3.05, 3.63) is 47.1 Å². The van der Waals surface area contributed by atoms with Gasteiger partial charge < -0.3 is 19.7 Å². The van der Waals surface area contributed by atoms with Gasteiger partial charge in [-0.3, -0.25) is 4.79 Å². The highest BCUT2D eigenvalue weighted by atomic mass is 16.1. The number of hydrogen-bond donors (Lipinski definition) is 1. The summed E-state index contributed by atoms with van der Waals surface area (Å²) in [5, 5.41) is 3.84. The molecule has 2 aliphatic heterocycles. The molecule has 4 heterocycles. The maximum absolute atomic E-state index is 12.4. The summed E-state index contributed by atoms with van der Waals surface area (Å²) in [6.07, 6.45) is 9.77. The first kappa shape index (κ1) is 18.0. The molecule has 4 rings (SSSR count). The Morgan fingerprint density at radius 1 is 1.00 bits per heavy atom. The van der Waals surface area contributed by atoms with E-state index in [9.17, 15) is 4.79 Å². The molecular weight excluding hydrogens is 340 g/mol. The summed E-state index contributed by atoms with van der Waals surface area (Å²) in [4.78, 5) is 25.7. The summed E-state index contributed by atoms with van der Waals surface area (Å²) in [6, 6.07) is 7.03. The van der Waals surface area contributed by atoms with Crippen LogP contribution in [0.2, 0.25) is 0 Å². The molecule has 2 aromatic heterocycles. The minimum absolute atomic E-state index is 0.0122. The highest BCUT2D eigenvalue weighted by Crippen LogP contribution is 2.20. The number of aryl methyl sites for hydroxylation is 1. The summed E-state index contributed by atoms with van der Waals surface area (Å²) < 4.78 is 1.60. The molecule has 1 unspecified atom stereocenters. The second-order valence-electron chi connectivity index (χ2n) is 7.57. The van der Waals surface area contributed by atoms with Crippen LogP contribution >= 0.6 is 0 Å². The number of rotatable bonds is 4. The molecule has 1 atom stereocenters. The van der Waals surface area contributed by atoms with Gasteiger partial charge in [0, 0.05) is 63.9 Å². The van der Waals surface area contributed by atoms with Gasteiger partial charge in [-0.1, -0.05) is 6.07 Å². The van der Waals surface area contributed by atoms with Gasteiger partial charge in [0.05, 0.1) is 0 Å². The molecule has 2 saturated heterocycles. The highest BCUT2D eigenvalue weighted by Gasteiger charge is 2.27. The number of piperidine rings is 2. The average molecular weight is 368 g/mol. The molecule has 7 heteroatoms. The second kappa shape index (κ2) is 8.08. The Morgan fingerprint density at radius 2 is 1.85 bits per heavy atom. The standard InChI is InChI=1S/C20H28N6O/c1-24-14-10-22-19(20(24)27)26-11-4-5-17(15-26)23-16-7-12-25(13-8-16)18-6-2-3-9-21-18/h2-3,6,9-10,14,16-17,23H,4-5,7-8,11-13,15H2,1H3. The normalized spacial score (nSPS) is 21.4. The van der Waals surface area contributed by atoms with Crippen LogP contribution < -0.4 is 20.7 Å². The monoisotopic (exact) mass is 368 g/mol. The highest BCUT2D eigenvalue weighted by molar-refractivity contribution is 5.38. The molecule has 0 bridgehead atoms. The maximum Gasteiger partial charge on any atom is 0.293 e. The van der Waals surface area contributed by atoms with Gasteiger partial charge in [0.25, 0.3) is 5.56 Å². The smallest absolute Gasteiger partial charge is 0.293 e. The lowest BCUT2D eigenvalue weighted by atomic mass is 10.00. The molecule has 1 N–H and O–H groups in total. The van der Waals surface area contributed by atoms with Crippen LogP contribution in [0.4, 0.5) is 11.6 Å². The van der Waals surface area contributed by atoms with E-state index in [1.54, 1.807) is 24.0 Å². The van der Waals surface area contributed by atoms with Crippen molar-refractivity contribution in [3.8, 4) is 0 Å². The number of nitrogens with zero attached hydrogens (tertiary/aromatic N) is 5. The Morgan fingerprint density at radius 3 is 2.63 bits per heavy atom. The van der Waals surface area contributed by atoms with Crippen LogP contribution in [0.5, 0.6) is 0 Å². The van der Waals surface area contributed by atoms with Gasteiger partial charge in [-0.15, -0.1) is 0 Å². The Labute approximate surface area is 160 Å². The number of aromatic nitrogens is 3. The van der Waals surface area contributed by atoms with E-state index < -0.39 is 0 Å². The van der Waals surface area contributed by atoms with Crippen molar-refractivity contribution in [2.45, 2.75) is 37.8 Å². The van der Waals surface area contributed by atoms with Crippen molar-refractivity contribution in [2.75, 3.05) is 36.0 Å². The molecule has 0 amide bonds. The quantitative estimate of drug-likeness (QED) is 0.880. The van der Waals surface area contributed by atoms with Crippen LogP contribution in [0.3, 0.4) is 0 Å². The Hall–Kier alpha value is -2.41. The maximum atomic E-state index is 12.4. The van der Waals surface area contributed by atoms with Crippen LogP contribution in [-0.4, -0.2) is 52.8 Å². The van der Waals surface area contributed by atoms with Crippen LogP contribution in [0.25, 0.3) is 0 Å². The zero-order valence-corrected chi connectivity index (χ0v) is 15.9. The van der Waals surface area contributed by atoms with E-state index in [4.69, 9.17) is 0 Å². The topological polar surface area (TPSA) is 66.3 Å². The zero-order chi connectivity index (χ0) is 18.6. The number of hydrogen-bond acceptors (Lipinski definition) is 6. The molecular formula is C20H28N6O.